The van der Waals surface area contributed by atoms with Gasteiger partial charge in [0, 0.05) is 21.7 Å². The number of thiophene rings is 1. The second-order valence-electron chi connectivity index (χ2n) is 9.08. The Kier molecular flexibility index (Phi) is 7.40. The molecule has 36 heavy (non-hydrogen) atoms. The van der Waals surface area contributed by atoms with E-state index in [1.807, 2.05) is 63.2 Å². The summed E-state index contributed by atoms with van der Waals surface area (Å²) in [4.78, 5) is 12.8. The fourth-order valence-corrected chi connectivity index (χ4v) is 4.68. The zero-order chi connectivity index (χ0) is 25.9. The summed E-state index contributed by atoms with van der Waals surface area (Å²) in [7, 11) is 1.61. The van der Waals surface area contributed by atoms with E-state index in [0.717, 1.165) is 31.8 Å². The first-order valence-corrected chi connectivity index (χ1v) is 12.1. The largest absolute Gasteiger partial charge is 0.497 e. The van der Waals surface area contributed by atoms with Crippen molar-refractivity contribution in [3.8, 4) is 27.7 Å². The lowest BCUT2D eigenvalue weighted by Crippen LogP contribution is -2.22. The summed E-state index contributed by atoms with van der Waals surface area (Å²) in [6, 6.07) is 19.2. The minimum atomic E-state index is -2.52. The van der Waals surface area contributed by atoms with Gasteiger partial charge in [-0.2, -0.15) is 0 Å². The molecule has 0 spiro atoms. The molecular formula is C29H26F2O4S. The summed E-state index contributed by atoms with van der Waals surface area (Å²) in [6.07, 6.45) is 0.548. The summed E-state index contributed by atoms with van der Waals surface area (Å²) in [5, 5.41) is 0.891. The zero-order valence-corrected chi connectivity index (χ0v) is 21.2. The lowest BCUT2D eigenvalue weighted by Gasteiger charge is -2.17. The van der Waals surface area contributed by atoms with E-state index in [1.54, 1.807) is 25.3 Å². The van der Waals surface area contributed by atoms with E-state index in [2.05, 4.69) is 0 Å². The average Bonchev–Trinajstić information content (AvgIpc) is 3.20. The number of carbonyl (C=O) groups excluding carboxylic acids is 1. The molecule has 4 nitrogen and oxygen atoms in total. The van der Waals surface area contributed by atoms with Crippen molar-refractivity contribution in [1.82, 2.24) is 0 Å². The molecule has 7 heteroatoms. The van der Waals surface area contributed by atoms with Crippen LogP contribution in [-0.2, 0) is 9.53 Å². The minimum Gasteiger partial charge on any atom is -0.497 e. The lowest BCUT2D eigenvalue weighted by molar-refractivity contribution is -0.148. The maximum Gasteiger partial charge on any atom is 0.331 e. The van der Waals surface area contributed by atoms with Gasteiger partial charge in [-0.3, -0.25) is 0 Å². The first-order chi connectivity index (χ1) is 17.1. The summed E-state index contributed by atoms with van der Waals surface area (Å²) >= 11 is 1.50. The highest BCUT2D eigenvalue weighted by atomic mass is 32.1. The van der Waals surface area contributed by atoms with Crippen LogP contribution in [0.5, 0.6) is 17.2 Å². The van der Waals surface area contributed by atoms with Crippen LogP contribution in [0.2, 0.25) is 0 Å². The molecule has 0 radical (unpaired) electrons. The Hall–Kier alpha value is -3.71. The first-order valence-electron chi connectivity index (χ1n) is 11.3. The second-order valence-corrected chi connectivity index (χ2v) is 10.1. The fraction of sp³-hybridized carbons (Fsp3) is 0.207. The number of benzene rings is 3. The van der Waals surface area contributed by atoms with Crippen molar-refractivity contribution in [2.45, 2.75) is 32.8 Å². The Morgan fingerprint density at radius 3 is 2.22 bits per heavy atom. The van der Waals surface area contributed by atoms with Gasteiger partial charge in [-0.1, -0.05) is 36.4 Å². The van der Waals surface area contributed by atoms with Gasteiger partial charge in [0.25, 0.3) is 6.43 Å². The quantitative estimate of drug-likeness (QED) is 0.185. The maximum atomic E-state index is 13.1. The van der Waals surface area contributed by atoms with Crippen LogP contribution < -0.4 is 9.47 Å². The minimum absolute atomic E-state index is 0.0287. The molecule has 0 atom stereocenters. The number of ether oxygens (including phenoxy) is 3. The highest BCUT2D eigenvalue weighted by molar-refractivity contribution is 7.22. The van der Waals surface area contributed by atoms with Crippen LogP contribution in [0.25, 0.3) is 26.6 Å². The van der Waals surface area contributed by atoms with E-state index in [0.29, 0.717) is 11.5 Å². The van der Waals surface area contributed by atoms with Crippen LogP contribution >= 0.6 is 11.3 Å². The number of alkyl halides is 2. The van der Waals surface area contributed by atoms with Crippen LogP contribution in [0, 0.1) is 0 Å². The number of fused-ring (bicyclic) bond motifs is 1. The molecule has 0 aliphatic rings. The van der Waals surface area contributed by atoms with E-state index in [1.165, 1.54) is 29.5 Å². The van der Waals surface area contributed by atoms with Crippen LogP contribution in [0.3, 0.4) is 0 Å². The molecule has 4 aromatic rings. The van der Waals surface area contributed by atoms with Gasteiger partial charge in [-0.25, -0.2) is 13.6 Å². The van der Waals surface area contributed by atoms with E-state index >= 15 is 0 Å². The number of hydrogen-bond donors (Lipinski definition) is 0. The molecule has 0 saturated carbocycles. The van der Waals surface area contributed by atoms with Crippen LogP contribution in [-0.4, -0.2) is 18.7 Å². The first kappa shape index (κ1) is 25.4. The molecule has 0 fully saturated rings. The summed E-state index contributed by atoms with van der Waals surface area (Å²) < 4.78 is 44.0. The third-order valence-corrected chi connectivity index (χ3v) is 6.38. The molecule has 0 bridgehead atoms. The van der Waals surface area contributed by atoms with Crippen LogP contribution in [0.15, 0.2) is 72.8 Å². The highest BCUT2D eigenvalue weighted by Crippen LogP contribution is 2.47. The maximum absolute atomic E-state index is 13.1. The van der Waals surface area contributed by atoms with Crippen molar-refractivity contribution in [2.75, 3.05) is 7.11 Å². The van der Waals surface area contributed by atoms with Gasteiger partial charge in [0.15, 0.2) is 5.75 Å². The summed E-state index contributed by atoms with van der Waals surface area (Å²) in [6.45, 7) is 5.45. The van der Waals surface area contributed by atoms with Crippen molar-refractivity contribution in [1.29, 1.82) is 0 Å². The van der Waals surface area contributed by atoms with Crippen LogP contribution in [0.4, 0.5) is 8.78 Å². The molecule has 1 heterocycles. The van der Waals surface area contributed by atoms with Gasteiger partial charge in [0.05, 0.1) is 12.0 Å². The highest BCUT2D eigenvalue weighted by Gasteiger charge is 2.18. The molecule has 0 N–H and O–H groups in total. The number of esters is 1. The lowest BCUT2D eigenvalue weighted by atomic mass is 10.1. The molecule has 0 aliphatic heterocycles. The van der Waals surface area contributed by atoms with Gasteiger partial charge in [-0.05, 0) is 68.3 Å². The summed E-state index contributed by atoms with van der Waals surface area (Å²) in [5.41, 5.74) is 1.02. The van der Waals surface area contributed by atoms with Crippen molar-refractivity contribution in [2.24, 2.45) is 0 Å². The third-order valence-electron chi connectivity index (χ3n) is 5.20. The number of rotatable bonds is 7. The predicted octanol–water partition coefficient (Wildman–Crippen LogP) is 8.66. The monoisotopic (exact) mass is 508 g/mol. The SMILES string of the molecule is COc1ccc2c(Oc3ccc(C=CC(=O)OC(C)(C)C)cc3)c(-c3ccc(C(F)F)cc3)sc2c1. The number of methoxy groups -OCH3 is 1. The van der Waals surface area contributed by atoms with Gasteiger partial charge in [0.1, 0.15) is 17.1 Å². The second kappa shape index (κ2) is 10.5. The Bertz CT molecular complexity index is 1380. The van der Waals surface area contributed by atoms with E-state index in [4.69, 9.17) is 14.2 Å². The molecule has 0 unspecified atom stereocenters. The number of carbonyl (C=O) groups is 1. The van der Waals surface area contributed by atoms with E-state index in [9.17, 15) is 13.6 Å². The van der Waals surface area contributed by atoms with Gasteiger partial charge in [0.2, 0.25) is 0 Å². The molecule has 0 saturated heterocycles. The van der Waals surface area contributed by atoms with Gasteiger partial charge in [-0.15, -0.1) is 11.3 Å². The molecular weight excluding hydrogens is 482 g/mol. The number of hydrogen-bond acceptors (Lipinski definition) is 5. The Labute approximate surface area is 212 Å². The zero-order valence-electron chi connectivity index (χ0n) is 20.4. The third kappa shape index (κ3) is 6.10. The van der Waals surface area contributed by atoms with Crippen molar-refractivity contribution in [3.05, 3.63) is 83.9 Å². The van der Waals surface area contributed by atoms with E-state index < -0.39 is 18.0 Å². The van der Waals surface area contributed by atoms with Crippen molar-refractivity contribution < 1.29 is 27.8 Å². The standard InChI is InChI=1S/C29H26F2O4S/c1-29(2,3)35-25(32)16-7-18-5-12-21(13-6-18)34-26-23-15-14-22(33-4)17-24(23)36-27(26)19-8-10-20(11-9-19)28(30)31/h5-17,28H,1-4H3. The van der Waals surface area contributed by atoms with Gasteiger partial charge >= 0.3 is 5.97 Å². The molecule has 1 aromatic heterocycles. The smallest absolute Gasteiger partial charge is 0.331 e. The molecule has 0 amide bonds. The molecule has 4 rings (SSSR count). The number of halogens is 2. The fourth-order valence-electron chi connectivity index (χ4n) is 3.52. The topological polar surface area (TPSA) is 44.8 Å². The Balaban J connectivity index is 1.63. The van der Waals surface area contributed by atoms with Crippen LogP contribution in [0.1, 0.15) is 38.3 Å². The normalized spacial score (nSPS) is 11.9. The van der Waals surface area contributed by atoms with Crippen molar-refractivity contribution in [3.63, 3.8) is 0 Å². The molecule has 0 aliphatic carbocycles. The van der Waals surface area contributed by atoms with Gasteiger partial charge < -0.3 is 14.2 Å². The predicted molar refractivity (Wildman–Crippen MR) is 140 cm³/mol. The Morgan fingerprint density at radius 2 is 1.61 bits per heavy atom. The summed E-state index contributed by atoms with van der Waals surface area (Å²) in [5.74, 6) is 1.55. The van der Waals surface area contributed by atoms with E-state index in [-0.39, 0.29) is 5.56 Å². The van der Waals surface area contributed by atoms with Crippen molar-refractivity contribution >= 4 is 33.5 Å². The Morgan fingerprint density at radius 1 is 0.944 bits per heavy atom. The molecule has 186 valence electrons. The molecule has 3 aromatic carbocycles. The average molecular weight is 509 g/mol.